The van der Waals surface area contributed by atoms with E-state index in [1.807, 2.05) is 35.7 Å². The van der Waals surface area contributed by atoms with Gasteiger partial charge in [-0.1, -0.05) is 36.4 Å². The first-order valence-electron chi connectivity index (χ1n) is 6.20. The number of nitrogens with one attached hydrogen (secondary N) is 2. The number of rotatable bonds is 0. The quantitative estimate of drug-likeness (QED) is 0.690. The summed E-state index contributed by atoms with van der Waals surface area (Å²) < 4.78 is 15.3. The fourth-order valence-electron chi connectivity index (χ4n) is 3.50. The van der Waals surface area contributed by atoms with Crippen molar-refractivity contribution in [1.82, 2.24) is 10.6 Å². The minimum Gasteiger partial charge on any atom is -0.330 e. The maximum atomic E-state index is 15.3. The number of allylic oxidation sites excluding steroid dienone is 1. The van der Waals surface area contributed by atoms with Gasteiger partial charge in [-0.2, -0.15) is 0 Å². The van der Waals surface area contributed by atoms with Crippen LogP contribution >= 0.6 is 0 Å². The van der Waals surface area contributed by atoms with E-state index < -0.39 is 29.6 Å². The first kappa shape index (κ1) is 10.7. The van der Waals surface area contributed by atoms with Crippen LogP contribution in [0, 0.1) is 0 Å². The first-order valence-corrected chi connectivity index (χ1v) is 6.20. The lowest BCUT2D eigenvalue weighted by Crippen LogP contribution is -2.72. The predicted octanol–water partition coefficient (Wildman–Crippen LogP) is 1.35. The minimum atomic E-state index is -2.10. The van der Waals surface area contributed by atoms with Gasteiger partial charge in [0, 0.05) is 11.8 Å². The Labute approximate surface area is 108 Å². The van der Waals surface area contributed by atoms with Gasteiger partial charge in [-0.3, -0.25) is 10.1 Å². The van der Waals surface area contributed by atoms with Crippen LogP contribution in [0.1, 0.15) is 23.0 Å². The summed E-state index contributed by atoms with van der Waals surface area (Å²) in [6, 6.07) is 6.05. The molecule has 4 nitrogen and oxygen atoms in total. The molecule has 5 rings (SSSR count). The summed E-state index contributed by atoms with van der Waals surface area (Å²) in [5.41, 5.74) is -0.273. The third kappa shape index (κ3) is 1.13. The molecule has 0 aromatic heterocycles. The standard InChI is InChI=1S/C14H11FN2O2/c15-14-10-6-5-9(7-3-1-2-4-8(7)10)11(14)16-13(19)17-12(14)18/h1-6,9-11H,(H2,16,17,18,19)/t9-,10+,11+,14+/m0/s1. The third-order valence-electron chi connectivity index (χ3n) is 4.33. The zero-order chi connectivity index (χ0) is 13.2. The molecule has 1 aliphatic heterocycles. The summed E-state index contributed by atoms with van der Waals surface area (Å²) in [7, 11) is 0. The number of urea groups is 1. The highest BCUT2D eigenvalue weighted by atomic mass is 19.1. The van der Waals surface area contributed by atoms with Crippen LogP contribution < -0.4 is 10.6 Å². The zero-order valence-electron chi connectivity index (χ0n) is 9.89. The lowest BCUT2D eigenvalue weighted by Gasteiger charge is -2.50. The van der Waals surface area contributed by atoms with Gasteiger partial charge >= 0.3 is 6.03 Å². The Hall–Kier alpha value is -2.17. The second-order valence-electron chi connectivity index (χ2n) is 5.19. The maximum Gasteiger partial charge on any atom is 0.321 e. The predicted molar refractivity (Wildman–Crippen MR) is 65.4 cm³/mol. The number of carbonyl (C=O) groups is 2. The van der Waals surface area contributed by atoms with Crippen molar-refractivity contribution < 1.29 is 14.0 Å². The van der Waals surface area contributed by atoms with E-state index >= 15 is 4.39 Å². The molecule has 4 atom stereocenters. The smallest absolute Gasteiger partial charge is 0.321 e. The molecule has 1 aromatic rings. The topological polar surface area (TPSA) is 58.2 Å². The van der Waals surface area contributed by atoms with Crippen LogP contribution in [0.15, 0.2) is 36.4 Å². The summed E-state index contributed by atoms with van der Waals surface area (Å²) in [4.78, 5) is 23.4. The Morgan fingerprint density at radius 3 is 2.63 bits per heavy atom. The van der Waals surface area contributed by atoms with Crippen LogP contribution in [0.3, 0.4) is 0 Å². The Balaban J connectivity index is 1.96. The Kier molecular flexibility index (Phi) is 1.82. The monoisotopic (exact) mass is 258 g/mol. The second kappa shape index (κ2) is 3.23. The van der Waals surface area contributed by atoms with Crippen molar-refractivity contribution in [2.24, 2.45) is 0 Å². The van der Waals surface area contributed by atoms with Gasteiger partial charge in [-0.15, -0.1) is 0 Å². The third-order valence-corrected chi connectivity index (χ3v) is 4.33. The Morgan fingerprint density at radius 2 is 1.84 bits per heavy atom. The molecule has 3 aliphatic carbocycles. The van der Waals surface area contributed by atoms with E-state index in [0.717, 1.165) is 11.1 Å². The number of benzene rings is 1. The molecule has 2 bridgehead atoms. The lowest BCUT2D eigenvalue weighted by atomic mass is 9.60. The number of hydrogen-bond acceptors (Lipinski definition) is 2. The van der Waals surface area contributed by atoms with Crippen molar-refractivity contribution in [3.05, 3.63) is 47.5 Å². The molecule has 1 saturated heterocycles. The van der Waals surface area contributed by atoms with E-state index in [-0.39, 0.29) is 5.92 Å². The van der Waals surface area contributed by atoms with Crippen molar-refractivity contribution in [2.45, 2.75) is 23.5 Å². The molecular formula is C14H11FN2O2. The maximum absolute atomic E-state index is 15.3. The van der Waals surface area contributed by atoms with Gasteiger partial charge in [0.2, 0.25) is 5.67 Å². The molecule has 96 valence electrons. The van der Waals surface area contributed by atoms with Gasteiger partial charge in [0.25, 0.3) is 5.91 Å². The minimum absolute atomic E-state index is 0.291. The fraction of sp³-hybridized carbons (Fsp3) is 0.286. The molecule has 4 aliphatic rings. The zero-order valence-corrected chi connectivity index (χ0v) is 9.89. The SMILES string of the molecule is O=C1NC(=O)[C@@]2(F)[C@@H]3C=C[C@@H](c4ccccc43)[C@H]2N1. The largest absolute Gasteiger partial charge is 0.330 e. The molecule has 19 heavy (non-hydrogen) atoms. The van der Waals surface area contributed by atoms with Crippen molar-refractivity contribution in [2.75, 3.05) is 0 Å². The molecule has 0 unspecified atom stereocenters. The van der Waals surface area contributed by atoms with E-state index in [9.17, 15) is 9.59 Å². The number of halogens is 1. The molecule has 1 fully saturated rings. The lowest BCUT2D eigenvalue weighted by molar-refractivity contribution is -0.137. The summed E-state index contributed by atoms with van der Waals surface area (Å²) in [6.45, 7) is 0. The average Bonchev–Trinajstić information content (AvgIpc) is 2.41. The van der Waals surface area contributed by atoms with Gasteiger partial charge in [-0.25, -0.2) is 9.18 Å². The van der Waals surface area contributed by atoms with Gasteiger partial charge in [0.15, 0.2) is 0 Å². The van der Waals surface area contributed by atoms with Crippen molar-refractivity contribution >= 4 is 11.9 Å². The van der Waals surface area contributed by atoms with Crippen LogP contribution in [0.2, 0.25) is 0 Å². The highest BCUT2D eigenvalue weighted by Gasteiger charge is 2.63. The molecule has 2 N–H and O–H groups in total. The summed E-state index contributed by atoms with van der Waals surface area (Å²) in [5, 5.41) is 4.60. The average molecular weight is 258 g/mol. The van der Waals surface area contributed by atoms with Crippen LogP contribution in [0.25, 0.3) is 0 Å². The normalized spacial score (nSPS) is 38.3. The molecular weight excluding hydrogens is 247 g/mol. The van der Waals surface area contributed by atoms with Crippen LogP contribution in [-0.4, -0.2) is 23.6 Å². The molecule has 1 heterocycles. The highest BCUT2D eigenvalue weighted by molar-refractivity contribution is 6.04. The van der Waals surface area contributed by atoms with Crippen molar-refractivity contribution in [3.63, 3.8) is 0 Å². The van der Waals surface area contributed by atoms with Crippen molar-refractivity contribution in [1.29, 1.82) is 0 Å². The number of alkyl halides is 1. The van der Waals surface area contributed by atoms with Gasteiger partial charge < -0.3 is 5.32 Å². The van der Waals surface area contributed by atoms with Crippen LogP contribution in [0.5, 0.6) is 0 Å². The molecule has 0 spiro atoms. The Bertz CT molecular complexity index is 642. The number of imide groups is 1. The molecule has 1 aromatic carbocycles. The molecule has 0 radical (unpaired) electrons. The second-order valence-corrected chi connectivity index (χ2v) is 5.19. The first-order chi connectivity index (χ1) is 9.12. The number of carbonyl (C=O) groups excluding carboxylic acids is 2. The number of amides is 3. The molecule has 5 heteroatoms. The van der Waals surface area contributed by atoms with Crippen molar-refractivity contribution in [3.8, 4) is 0 Å². The Morgan fingerprint density at radius 1 is 1.11 bits per heavy atom. The molecule has 3 amide bonds. The highest BCUT2D eigenvalue weighted by Crippen LogP contribution is 2.53. The fourth-order valence-corrected chi connectivity index (χ4v) is 3.50. The van der Waals surface area contributed by atoms with Gasteiger partial charge in [0.05, 0.1) is 6.04 Å². The van der Waals surface area contributed by atoms with E-state index in [1.54, 1.807) is 6.08 Å². The number of hydrogen-bond donors (Lipinski definition) is 2. The van der Waals surface area contributed by atoms with Gasteiger partial charge in [-0.05, 0) is 11.1 Å². The van der Waals surface area contributed by atoms with E-state index in [0.29, 0.717) is 0 Å². The van der Waals surface area contributed by atoms with Crippen LogP contribution in [-0.2, 0) is 4.79 Å². The van der Waals surface area contributed by atoms with E-state index in [2.05, 4.69) is 5.32 Å². The van der Waals surface area contributed by atoms with Gasteiger partial charge in [0.1, 0.15) is 0 Å². The van der Waals surface area contributed by atoms with E-state index in [4.69, 9.17) is 0 Å². The van der Waals surface area contributed by atoms with Crippen LogP contribution in [0.4, 0.5) is 9.18 Å². The summed E-state index contributed by atoms with van der Waals surface area (Å²) >= 11 is 0. The summed E-state index contributed by atoms with van der Waals surface area (Å²) in [5.74, 6) is -1.77. The van der Waals surface area contributed by atoms with E-state index in [1.165, 1.54) is 0 Å². The summed E-state index contributed by atoms with van der Waals surface area (Å²) in [6.07, 6.45) is 3.62. The molecule has 0 saturated carbocycles.